The highest BCUT2D eigenvalue weighted by molar-refractivity contribution is 7.45. The van der Waals surface area contributed by atoms with Crippen molar-refractivity contribution in [3.8, 4) is 0 Å². The Morgan fingerprint density at radius 1 is 0.486 bits per heavy atom. The molecule has 0 rings (SSSR count). The summed E-state index contributed by atoms with van der Waals surface area (Å²) in [5.41, 5.74) is 0. The summed E-state index contributed by atoms with van der Waals surface area (Å²) < 4.78 is 23.3. The number of unbranched alkanes of at least 4 members (excludes halogenated alkanes) is 25. The van der Waals surface area contributed by atoms with E-state index in [4.69, 9.17) is 9.05 Å². The second kappa shape index (κ2) is 54.9. The van der Waals surface area contributed by atoms with E-state index in [0.29, 0.717) is 17.4 Å². The van der Waals surface area contributed by atoms with Crippen LogP contribution in [0, 0.1) is 0 Å². The molecule has 3 atom stereocenters. The van der Waals surface area contributed by atoms with Crippen LogP contribution in [0.5, 0.6) is 0 Å². The van der Waals surface area contributed by atoms with Gasteiger partial charge in [-0.25, -0.2) is 0 Å². The molecule has 0 aliphatic rings. The summed E-state index contributed by atoms with van der Waals surface area (Å²) in [6.07, 6.45) is 80.4. The van der Waals surface area contributed by atoms with Crippen molar-refractivity contribution < 1.29 is 32.9 Å². The number of quaternary nitrogens is 1. The van der Waals surface area contributed by atoms with E-state index in [-0.39, 0.29) is 12.5 Å². The molecule has 0 aliphatic heterocycles. The standard InChI is InChI=1S/C65H115N2O6P/c1-6-8-10-12-14-16-18-20-22-23-24-25-26-27-28-29-30-31-32-33-34-35-36-37-38-39-40-41-42-43-45-47-49-51-53-55-57-59-65(69)66-63(62-73-74(70,71)72-61-60-67(3,4)5)64(68)58-56-54-52-50-48-46-44-21-19-17-15-13-11-9-7-2/h8,10,14,16,19-22,24-25,27-28,30-31,48,50,56,58,63-64,68H,6-7,9,11-13,15,17-18,23,26,29,32-47,49,51-55,57,59-62H2,1-5H3,(H-,66,69,70,71)/b10-8-,16-14-,21-19+,22-20-,25-24-,28-27-,31-30-,50-48+,58-56+. The van der Waals surface area contributed by atoms with E-state index in [2.05, 4.69) is 116 Å². The summed E-state index contributed by atoms with van der Waals surface area (Å²) in [4.78, 5) is 25.5. The quantitative estimate of drug-likeness (QED) is 0.0272. The van der Waals surface area contributed by atoms with Gasteiger partial charge in [-0.05, 0) is 96.3 Å². The van der Waals surface area contributed by atoms with Gasteiger partial charge in [0.2, 0.25) is 5.91 Å². The molecule has 74 heavy (non-hydrogen) atoms. The molecule has 1 amide bonds. The first kappa shape index (κ1) is 71.2. The molecule has 9 heteroatoms. The zero-order valence-electron chi connectivity index (χ0n) is 48.5. The Labute approximate surface area is 457 Å². The Morgan fingerprint density at radius 2 is 0.838 bits per heavy atom. The van der Waals surface area contributed by atoms with Gasteiger partial charge >= 0.3 is 0 Å². The van der Waals surface area contributed by atoms with E-state index in [0.717, 1.165) is 83.5 Å². The van der Waals surface area contributed by atoms with E-state index in [1.165, 1.54) is 141 Å². The van der Waals surface area contributed by atoms with Crippen LogP contribution in [0.3, 0.4) is 0 Å². The molecule has 8 nitrogen and oxygen atoms in total. The smallest absolute Gasteiger partial charge is 0.268 e. The number of aliphatic hydroxyl groups is 1. The van der Waals surface area contributed by atoms with Crippen LogP contribution in [-0.4, -0.2) is 68.5 Å². The molecule has 426 valence electrons. The van der Waals surface area contributed by atoms with Crippen LogP contribution in [0.25, 0.3) is 0 Å². The molecule has 3 unspecified atom stereocenters. The van der Waals surface area contributed by atoms with Crippen molar-refractivity contribution in [1.29, 1.82) is 0 Å². The Hall–Kier alpha value is -2.84. The molecule has 0 bridgehead atoms. The van der Waals surface area contributed by atoms with Gasteiger partial charge in [0, 0.05) is 6.42 Å². The summed E-state index contributed by atoms with van der Waals surface area (Å²) in [5, 5.41) is 13.8. The van der Waals surface area contributed by atoms with Gasteiger partial charge < -0.3 is 28.8 Å². The maximum atomic E-state index is 13.0. The lowest BCUT2D eigenvalue weighted by Crippen LogP contribution is -2.45. The van der Waals surface area contributed by atoms with Crippen LogP contribution in [-0.2, 0) is 18.4 Å². The van der Waals surface area contributed by atoms with Crippen molar-refractivity contribution >= 4 is 13.7 Å². The average Bonchev–Trinajstić information content (AvgIpc) is 3.36. The van der Waals surface area contributed by atoms with Crippen molar-refractivity contribution in [2.45, 2.75) is 257 Å². The van der Waals surface area contributed by atoms with Crippen molar-refractivity contribution in [3.05, 3.63) is 109 Å². The molecule has 0 fully saturated rings. The third-order valence-electron chi connectivity index (χ3n) is 12.9. The minimum atomic E-state index is -4.61. The first-order valence-electron chi connectivity index (χ1n) is 30.2. The molecule has 0 heterocycles. The second-order valence-electron chi connectivity index (χ2n) is 21.3. The zero-order chi connectivity index (χ0) is 54.2. The maximum Gasteiger partial charge on any atom is 0.268 e. The lowest BCUT2D eigenvalue weighted by Gasteiger charge is -2.29. The molecule has 0 spiro atoms. The highest BCUT2D eigenvalue weighted by atomic mass is 31.2. The number of likely N-dealkylation sites (N-methyl/N-ethyl adjacent to an activating group) is 1. The van der Waals surface area contributed by atoms with Crippen LogP contribution < -0.4 is 10.2 Å². The fourth-order valence-electron chi connectivity index (χ4n) is 8.25. The number of nitrogens with zero attached hydrogens (tertiary/aromatic N) is 1. The highest BCUT2D eigenvalue weighted by Crippen LogP contribution is 2.38. The first-order valence-corrected chi connectivity index (χ1v) is 31.7. The number of amides is 1. The van der Waals surface area contributed by atoms with E-state index >= 15 is 0 Å². The minimum Gasteiger partial charge on any atom is -0.756 e. The van der Waals surface area contributed by atoms with E-state index < -0.39 is 26.6 Å². The van der Waals surface area contributed by atoms with Gasteiger partial charge in [0.1, 0.15) is 13.2 Å². The summed E-state index contributed by atoms with van der Waals surface area (Å²) in [6.45, 7) is 4.49. The predicted molar refractivity (Wildman–Crippen MR) is 320 cm³/mol. The third kappa shape index (κ3) is 56.9. The predicted octanol–water partition coefficient (Wildman–Crippen LogP) is 18.1. The van der Waals surface area contributed by atoms with Crippen molar-refractivity contribution in [2.75, 3.05) is 40.9 Å². The van der Waals surface area contributed by atoms with Gasteiger partial charge in [0.05, 0.1) is 39.9 Å². The molecular weight excluding hydrogens is 936 g/mol. The highest BCUT2D eigenvalue weighted by Gasteiger charge is 2.23. The SMILES string of the molecule is CC/C=C\C/C=C\C/C=C\C/C=C\C/C=C\C/C=C\CCCCCCCCCCCCCCCCCCCCC(=O)NC(COP(=O)([O-])OCC[N+](C)(C)C)C(O)/C=C/CC/C=C/CC/C=C/CCCCCCC. The summed E-state index contributed by atoms with van der Waals surface area (Å²) >= 11 is 0. The molecule has 0 saturated heterocycles. The summed E-state index contributed by atoms with van der Waals surface area (Å²) in [5.74, 6) is -0.213. The Balaban J connectivity index is 4.05. The number of hydrogen-bond acceptors (Lipinski definition) is 6. The maximum absolute atomic E-state index is 13.0. The van der Waals surface area contributed by atoms with Crippen LogP contribution >= 0.6 is 7.82 Å². The number of hydrogen-bond donors (Lipinski definition) is 2. The van der Waals surface area contributed by atoms with Gasteiger partial charge in [-0.3, -0.25) is 9.36 Å². The topological polar surface area (TPSA) is 108 Å². The molecule has 0 aromatic carbocycles. The number of aliphatic hydroxyl groups excluding tert-OH is 1. The van der Waals surface area contributed by atoms with Gasteiger partial charge in [0.15, 0.2) is 0 Å². The number of phosphoric acid groups is 1. The van der Waals surface area contributed by atoms with Gasteiger partial charge in [-0.15, -0.1) is 0 Å². The molecule has 0 radical (unpaired) electrons. The molecule has 0 aromatic heterocycles. The first-order chi connectivity index (χ1) is 36.0. The summed E-state index contributed by atoms with van der Waals surface area (Å²) in [6, 6.07) is -0.914. The lowest BCUT2D eigenvalue weighted by atomic mass is 10.0. The number of rotatable bonds is 54. The van der Waals surface area contributed by atoms with Crippen LogP contribution in [0.15, 0.2) is 109 Å². The van der Waals surface area contributed by atoms with Gasteiger partial charge in [-0.2, -0.15) is 0 Å². The zero-order valence-corrected chi connectivity index (χ0v) is 49.4. The Morgan fingerprint density at radius 3 is 1.26 bits per heavy atom. The second-order valence-corrected chi connectivity index (χ2v) is 22.7. The number of phosphoric ester groups is 1. The largest absolute Gasteiger partial charge is 0.756 e. The van der Waals surface area contributed by atoms with Crippen molar-refractivity contribution in [1.82, 2.24) is 5.32 Å². The Kier molecular flexibility index (Phi) is 52.8. The number of nitrogens with one attached hydrogen (secondary N) is 1. The minimum absolute atomic E-state index is 0.0121. The van der Waals surface area contributed by atoms with Crippen LogP contribution in [0.2, 0.25) is 0 Å². The normalized spacial score (nSPS) is 14.6. The monoisotopic (exact) mass is 1050 g/mol. The van der Waals surface area contributed by atoms with E-state index in [9.17, 15) is 19.4 Å². The van der Waals surface area contributed by atoms with Gasteiger partial charge in [0.25, 0.3) is 7.82 Å². The number of carbonyl (C=O) groups is 1. The van der Waals surface area contributed by atoms with E-state index in [1.54, 1.807) is 6.08 Å². The van der Waals surface area contributed by atoms with Crippen LogP contribution in [0.4, 0.5) is 0 Å². The van der Waals surface area contributed by atoms with Gasteiger partial charge in [-0.1, -0.05) is 252 Å². The fourth-order valence-corrected chi connectivity index (χ4v) is 8.97. The Bertz CT molecular complexity index is 1570. The van der Waals surface area contributed by atoms with Crippen molar-refractivity contribution in [2.24, 2.45) is 0 Å². The van der Waals surface area contributed by atoms with Crippen molar-refractivity contribution in [3.63, 3.8) is 0 Å². The average molecular weight is 1050 g/mol. The third-order valence-corrected chi connectivity index (χ3v) is 13.9. The number of carbonyl (C=O) groups excluding carboxylic acids is 1. The van der Waals surface area contributed by atoms with Crippen LogP contribution in [0.1, 0.15) is 245 Å². The lowest BCUT2D eigenvalue weighted by molar-refractivity contribution is -0.870. The fraction of sp³-hybridized carbons (Fsp3) is 0.708. The molecular formula is C65H115N2O6P. The molecule has 0 saturated carbocycles. The summed E-state index contributed by atoms with van der Waals surface area (Å²) in [7, 11) is 1.23. The number of allylic oxidation sites excluding steroid dienone is 17. The van der Waals surface area contributed by atoms with E-state index in [1.807, 2.05) is 27.2 Å². The molecule has 0 aromatic rings. The molecule has 0 aliphatic carbocycles. The molecule has 2 N–H and O–H groups in total.